The van der Waals surface area contributed by atoms with Gasteiger partial charge >= 0.3 is 0 Å². The van der Waals surface area contributed by atoms with Crippen molar-refractivity contribution in [1.82, 2.24) is 15.5 Å². The second-order valence-corrected chi connectivity index (χ2v) is 6.32. The molecule has 0 radical (unpaired) electrons. The van der Waals surface area contributed by atoms with Crippen molar-refractivity contribution in [2.45, 2.75) is 12.8 Å². The van der Waals surface area contributed by atoms with Gasteiger partial charge in [0.2, 0.25) is 5.75 Å². The van der Waals surface area contributed by atoms with E-state index in [1.54, 1.807) is 35.5 Å². The van der Waals surface area contributed by atoms with Gasteiger partial charge in [0.15, 0.2) is 17.5 Å². The molecule has 0 atom stereocenters. The summed E-state index contributed by atoms with van der Waals surface area (Å²) in [5.74, 6) is 2.75. The molecular weight excluding hydrogens is 360 g/mol. The minimum Gasteiger partial charge on any atom is -0.493 e. The van der Waals surface area contributed by atoms with Crippen LogP contribution in [0.15, 0.2) is 17.1 Å². The molecule has 0 amide bonds. The number of benzene rings is 1. The van der Waals surface area contributed by atoms with Crippen LogP contribution in [0.4, 0.5) is 0 Å². The average Bonchev–Trinajstić information content (AvgIpc) is 2.71. The third-order valence-corrected chi connectivity index (χ3v) is 4.37. The lowest BCUT2D eigenvalue weighted by Gasteiger charge is -2.18. The molecule has 1 aromatic rings. The van der Waals surface area contributed by atoms with Crippen molar-refractivity contribution >= 4 is 5.96 Å². The van der Waals surface area contributed by atoms with Gasteiger partial charge in [-0.15, -0.1) is 0 Å². The molecule has 0 aliphatic carbocycles. The quantitative estimate of drug-likeness (QED) is 0.296. The topological polar surface area (TPSA) is 76.6 Å². The largest absolute Gasteiger partial charge is 0.493 e. The van der Waals surface area contributed by atoms with Crippen molar-refractivity contribution in [3.8, 4) is 17.2 Å². The van der Waals surface area contributed by atoms with Gasteiger partial charge in [0.25, 0.3) is 0 Å². The highest BCUT2D eigenvalue weighted by molar-refractivity contribution is 5.79. The van der Waals surface area contributed by atoms with Gasteiger partial charge in [0, 0.05) is 52.5 Å². The Morgan fingerprint density at radius 2 is 1.68 bits per heavy atom. The lowest BCUT2D eigenvalue weighted by Crippen LogP contribution is -2.41. The second-order valence-electron chi connectivity index (χ2n) is 6.32. The van der Waals surface area contributed by atoms with Gasteiger partial charge in [-0.3, -0.25) is 4.99 Å². The number of rotatable bonds is 13. The van der Waals surface area contributed by atoms with E-state index in [-0.39, 0.29) is 0 Å². The third-order valence-electron chi connectivity index (χ3n) is 4.37. The Labute approximate surface area is 169 Å². The number of ether oxygens (including phenoxy) is 4. The molecule has 0 aliphatic rings. The highest BCUT2D eigenvalue weighted by atomic mass is 16.5. The minimum absolute atomic E-state index is 0.613. The summed E-state index contributed by atoms with van der Waals surface area (Å²) in [4.78, 5) is 6.55. The maximum atomic E-state index is 5.53. The van der Waals surface area contributed by atoms with E-state index < -0.39 is 0 Å². The first-order chi connectivity index (χ1) is 13.6. The smallest absolute Gasteiger partial charge is 0.203 e. The molecule has 1 aromatic carbocycles. The number of aliphatic imine (C=N–C) groups is 1. The van der Waals surface area contributed by atoms with Crippen molar-refractivity contribution in [3.63, 3.8) is 0 Å². The highest BCUT2D eigenvalue weighted by Gasteiger charge is 2.15. The molecule has 0 saturated carbocycles. The van der Waals surface area contributed by atoms with Crippen LogP contribution in [0.3, 0.4) is 0 Å². The molecular formula is C20H36N4O4. The first kappa shape index (κ1) is 23.8. The van der Waals surface area contributed by atoms with Gasteiger partial charge in [-0.1, -0.05) is 6.07 Å². The third kappa shape index (κ3) is 7.82. The first-order valence-electron chi connectivity index (χ1n) is 9.51. The fraction of sp³-hybridized carbons (Fsp3) is 0.650. The summed E-state index contributed by atoms with van der Waals surface area (Å²) >= 11 is 0. The summed E-state index contributed by atoms with van der Waals surface area (Å²) in [5, 5.41) is 6.67. The molecule has 0 unspecified atom stereocenters. The Morgan fingerprint density at radius 1 is 0.964 bits per heavy atom. The van der Waals surface area contributed by atoms with E-state index in [0.29, 0.717) is 17.2 Å². The number of methoxy groups -OCH3 is 4. The molecule has 0 bridgehead atoms. The summed E-state index contributed by atoms with van der Waals surface area (Å²) in [7, 11) is 10.5. The standard InChI is InChI=1S/C20H36N4O4/c1-21-20(23-12-14-24(2)13-7-15-25-3)22-11-10-16-8-9-17(26-4)19(28-6)18(16)27-5/h8-9H,7,10-15H2,1-6H3,(H2,21,22,23). The molecule has 0 aliphatic heterocycles. The number of nitrogens with one attached hydrogen (secondary N) is 2. The number of hydrogen-bond acceptors (Lipinski definition) is 6. The molecule has 8 heteroatoms. The molecule has 0 saturated heterocycles. The van der Waals surface area contributed by atoms with E-state index in [9.17, 15) is 0 Å². The second kappa shape index (κ2) is 13.9. The summed E-state index contributed by atoms with van der Waals surface area (Å²) in [6, 6.07) is 3.89. The molecule has 28 heavy (non-hydrogen) atoms. The number of guanidine groups is 1. The maximum absolute atomic E-state index is 5.53. The predicted molar refractivity (Wildman–Crippen MR) is 113 cm³/mol. The number of hydrogen-bond donors (Lipinski definition) is 2. The Morgan fingerprint density at radius 3 is 2.29 bits per heavy atom. The SMILES string of the molecule is CN=C(NCCc1ccc(OC)c(OC)c1OC)NCCN(C)CCCOC. The van der Waals surface area contributed by atoms with Crippen LogP contribution >= 0.6 is 0 Å². The van der Waals surface area contributed by atoms with Gasteiger partial charge in [0.1, 0.15) is 0 Å². The van der Waals surface area contributed by atoms with Gasteiger partial charge in [-0.2, -0.15) is 0 Å². The molecule has 0 spiro atoms. The Hall–Kier alpha value is -2.19. The van der Waals surface area contributed by atoms with E-state index in [2.05, 4.69) is 27.6 Å². The monoisotopic (exact) mass is 396 g/mol. The Bertz CT molecular complexity index is 596. The van der Waals surface area contributed by atoms with Gasteiger partial charge < -0.3 is 34.5 Å². The van der Waals surface area contributed by atoms with Crippen LogP contribution in [-0.4, -0.2) is 86.2 Å². The van der Waals surface area contributed by atoms with E-state index in [4.69, 9.17) is 18.9 Å². The fourth-order valence-corrected chi connectivity index (χ4v) is 2.85. The number of nitrogens with zero attached hydrogens (tertiary/aromatic N) is 2. The van der Waals surface area contributed by atoms with Crippen molar-refractivity contribution in [1.29, 1.82) is 0 Å². The molecule has 0 aromatic heterocycles. The Balaban J connectivity index is 2.47. The maximum Gasteiger partial charge on any atom is 0.203 e. The van der Waals surface area contributed by atoms with Crippen LogP contribution in [0.25, 0.3) is 0 Å². The van der Waals surface area contributed by atoms with Crippen LogP contribution in [-0.2, 0) is 11.2 Å². The van der Waals surface area contributed by atoms with E-state index in [1.807, 2.05) is 12.1 Å². The van der Waals surface area contributed by atoms with Crippen molar-refractivity contribution in [2.24, 2.45) is 4.99 Å². The highest BCUT2D eigenvalue weighted by Crippen LogP contribution is 2.39. The summed E-state index contributed by atoms with van der Waals surface area (Å²) in [6.45, 7) is 4.28. The van der Waals surface area contributed by atoms with E-state index in [1.165, 1.54) is 0 Å². The van der Waals surface area contributed by atoms with Gasteiger partial charge in [0.05, 0.1) is 21.3 Å². The van der Waals surface area contributed by atoms with Crippen LogP contribution in [0.1, 0.15) is 12.0 Å². The normalized spacial score (nSPS) is 11.5. The zero-order chi connectivity index (χ0) is 20.8. The lowest BCUT2D eigenvalue weighted by atomic mass is 10.1. The summed E-state index contributed by atoms with van der Waals surface area (Å²) in [5.41, 5.74) is 1.04. The van der Waals surface area contributed by atoms with Crippen LogP contribution in [0, 0.1) is 0 Å². The van der Waals surface area contributed by atoms with Crippen molar-refractivity contribution < 1.29 is 18.9 Å². The average molecular weight is 397 g/mol. The van der Waals surface area contributed by atoms with Crippen LogP contribution in [0.5, 0.6) is 17.2 Å². The molecule has 0 fully saturated rings. The van der Waals surface area contributed by atoms with Crippen molar-refractivity contribution in [2.75, 3.05) is 75.3 Å². The minimum atomic E-state index is 0.613. The molecule has 1 rings (SSSR count). The Kier molecular flexibility index (Phi) is 11.8. The predicted octanol–water partition coefficient (Wildman–Crippen LogP) is 1.39. The zero-order valence-corrected chi connectivity index (χ0v) is 18.1. The summed E-state index contributed by atoms with van der Waals surface area (Å²) < 4.78 is 21.4. The summed E-state index contributed by atoms with van der Waals surface area (Å²) in [6.07, 6.45) is 1.80. The first-order valence-corrected chi connectivity index (χ1v) is 9.51. The van der Waals surface area contributed by atoms with Crippen LogP contribution < -0.4 is 24.8 Å². The molecule has 2 N–H and O–H groups in total. The molecule has 0 heterocycles. The fourth-order valence-electron chi connectivity index (χ4n) is 2.85. The lowest BCUT2D eigenvalue weighted by molar-refractivity contribution is 0.180. The number of likely N-dealkylation sites (N-methyl/N-ethyl adjacent to an activating group) is 1. The van der Waals surface area contributed by atoms with Gasteiger partial charge in [-0.05, 0) is 26.0 Å². The van der Waals surface area contributed by atoms with E-state index >= 15 is 0 Å². The molecule has 8 nitrogen and oxygen atoms in total. The molecule has 160 valence electrons. The van der Waals surface area contributed by atoms with E-state index in [0.717, 1.165) is 57.2 Å². The van der Waals surface area contributed by atoms with Crippen molar-refractivity contribution in [3.05, 3.63) is 17.7 Å². The van der Waals surface area contributed by atoms with Crippen LogP contribution in [0.2, 0.25) is 0 Å². The zero-order valence-electron chi connectivity index (χ0n) is 18.1. The van der Waals surface area contributed by atoms with Gasteiger partial charge in [-0.25, -0.2) is 0 Å².